The lowest BCUT2D eigenvalue weighted by atomic mass is 10.2. The summed E-state index contributed by atoms with van der Waals surface area (Å²) in [7, 11) is 1.90. The van der Waals surface area contributed by atoms with Crippen LogP contribution in [0.4, 0.5) is 0 Å². The van der Waals surface area contributed by atoms with Crippen LogP contribution in [0.3, 0.4) is 0 Å². The van der Waals surface area contributed by atoms with Gasteiger partial charge in [-0.25, -0.2) is 0 Å². The SMILES string of the molecule is CC(C)CNC[C@H]1CCC(=O)N1C. The first kappa shape index (κ1) is 10.5. The number of hydrogen-bond acceptors (Lipinski definition) is 2. The molecule has 3 heteroatoms. The highest BCUT2D eigenvalue weighted by atomic mass is 16.2. The number of nitrogens with one attached hydrogen (secondary N) is 1. The zero-order chi connectivity index (χ0) is 9.84. The van der Waals surface area contributed by atoms with E-state index >= 15 is 0 Å². The Bertz CT molecular complexity index is 180. The second-order valence-electron chi connectivity index (χ2n) is 4.25. The van der Waals surface area contributed by atoms with Gasteiger partial charge in [0.05, 0.1) is 0 Å². The van der Waals surface area contributed by atoms with Gasteiger partial charge < -0.3 is 10.2 Å². The normalized spacial score (nSPS) is 23.2. The number of nitrogens with zero attached hydrogens (tertiary/aromatic N) is 1. The Morgan fingerprint density at radius 1 is 1.62 bits per heavy atom. The lowest BCUT2D eigenvalue weighted by Crippen LogP contribution is -2.38. The largest absolute Gasteiger partial charge is 0.341 e. The summed E-state index contributed by atoms with van der Waals surface area (Å²) in [5.41, 5.74) is 0. The monoisotopic (exact) mass is 184 g/mol. The van der Waals surface area contributed by atoms with Crippen LogP contribution in [0.5, 0.6) is 0 Å². The molecule has 0 radical (unpaired) electrons. The zero-order valence-electron chi connectivity index (χ0n) is 8.84. The number of amides is 1. The lowest BCUT2D eigenvalue weighted by Gasteiger charge is -2.20. The van der Waals surface area contributed by atoms with Gasteiger partial charge in [0.2, 0.25) is 5.91 Å². The van der Waals surface area contributed by atoms with E-state index in [0.717, 1.165) is 25.9 Å². The lowest BCUT2D eigenvalue weighted by molar-refractivity contribution is -0.127. The van der Waals surface area contributed by atoms with Crippen molar-refractivity contribution in [3.05, 3.63) is 0 Å². The molecule has 0 unspecified atom stereocenters. The van der Waals surface area contributed by atoms with Gasteiger partial charge in [0.15, 0.2) is 0 Å². The van der Waals surface area contributed by atoms with Gasteiger partial charge in [0, 0.05) is 26.1 Å². The number of hydrogen-bond donors (Lipinski definition) is 1. The predicted octanol–water partition coefficient (Wildman–Crippen LogP) is 0.853. The summed E-state index contributed by atoms with van der Waals surface area (Å²) < 4.78 is 0. The average molecular weight is 184 g/mol. The molecule has 0 saturated carbocycles. The highest BCUT2D eigenvalue weighted by Gasteiger charge is 2.26. The summed E-state index contributed by atoms with van der Waals surface area (Å²) in [6.45, 7) is 6.37. The third-order valence-electron chi connectivity index (χ3n) is 2.57. The molecule has 1 fully saturated rings. The summed E-state index contributed by atoms with van der Waals surface area (Å²) >= 11 is 0. The maximum absolute atomic E-state index is 11.2. The van der Waals surface area contributed by atoms with Gasteiger partial charge in [-0.3, -0.25) is 4.79 Å². The molecule has 0 bridgehead atoms. The van der Waals surface area contributed by atoms with Crippen LogP contribution in [0.25, 0.3) is 0 Å². The molecular weight excluding hydrogens is 164 g/mol. The van der Waals surface area contributed by atoms with Crippen LogP contribution in [0, 0.1) is 5.92 Å². The minimum Gasteiger partial charge on any atom is -0.341 e. The summed E-state index contributed by atoms with van der Waals surface area (Å²) in [6.07, 6.45) is 1.74. The average Bonchev–Trinajstić information content (AvgIpc) is 2.35. The van der Waals surface area contributed by atoms with E-state index in [1.165, 1.54) is 0 Å². The molecule has 13 heavy (non-hydrogen) atoms. The van der Waals surface area contributed by atoms with E-state index in [1.807, 2.05) is 11.9 Å². The van der Waals surface area contributed by atoms with E-state index < -0.39 is 0 Å². The highest BCUT2D eigenvalue weighted by molar-refractivity contribution is 5.78. The number of carbonyl (C=O) groups is 1. The molecule has 0 aromatic carbocycles. The maximum atomic E-state index is 11.2. The van der Waals surface area contributed by atoms with Crippen LogP contribution < -0.4 is 5.32 Å². The fourth-order valence-electron chi connectivity index (χ4n) is 1.64. The molecular formula is C10H20N2O. The Morgan fingerprint density at radius 2 is 2.31 bits per heavy atom. The molecule has 0 spiro atoms. The van der Waals surface area contributed by atoms with Crippen LogP contribution in [0.1, 0.15) is 26.7 Å². The third-order valence-corrected chi connectivity index (χ3v) is 2.57. The van der Waals surface area contributed by atoms with Gasteiger partial charge in [0.1, 0.15) is 0 Å². The Balaban J connectivity index is 2.19. The van der Waals surface area contributed by atoms with Gasteiger partial charge in [0.25, 0.3) is 0 Å². The van der Waals surface area contributed by atoms with E-state index in [0.29, 0.717) is 12.0 Å². The molecule has 0 aromatic heterocycles. The van der Waals surface area contributed by atoms with Crippen LogP contribution in [0.2, 0.25) is 0 Å². The van der Waals surface area contributed by atoms with Crippen LogP contribution in [-0.4, -0.2) is 37.0 Å². The Morgan fingerprint density at radius 3 is 2.77 bits per heavy atom. The third kappa shape index (κ3) is 2.99. The molecule has 1 heterocycles. The first-order valence-corrected chi connectivity index (χ1v) is 5.07. The van der Waals surface area contributed by atoms with Crippen molar-refractivity contribution in [3.63, 3.8) is 0 Å². The van der Waals surface area contributed by atoms with E-state index in [2.05, 4.69) is 19.2 Å². The van der Waals surface area contributed by atoms with E-state index in [-0.39, 0.29) is 5.91 Å². The Labute approximate surface area is 80.5 Å². The van der Waals surface area contributed by atoms with Gasteiger partial charge in [-0.05, 0) is 18.9 Å². The molecule has 3 nitrogen and oxygen atoms in total. The van der Waals surface area contributed by atoms with Crippen molar-refractivity contribution in [1.29, 1.82) is 0 Å². The summed E-state index contributed by atoms with van der Waals surface area (Å²) in [4.78, 5) is 13.0. The van der Waals surface area contributed by atoms with Crippen molar-refractivity contribution in [2.75, 3.05) is 20.1 Å². The van der Waals surface area contributed by atoms with E-state index in [4.69, 9.17) is 0 Å². The molecule has 1 N–H and O–H groups in total. The smallest absolute Gasteiger partial charge is 0.222 e. The molecule has 1 rings (SSSR count). The Kier molecular flexibility index (Phi) is 3.72. The van der Waals surface area contributed by atoms with Crippen molar-refractivity contribution in [2.45, 2.75) is 32.7 Å². The molecule has 0 aromatic rings. The first-order valence-electron chi connectivity index (χ1n) is 5.07. The Hall–Kier alpha value is -0.570. The summed E-state index contributed by atoms with van der Waals surface area (Å²) in [5.74, 6) is 0.971. The molecule has 1 atom stereocenters. The van der Waals surface area contributed by atoms with Crippen LogP contribution in [-0.2, 0) is 4.79 Å². The van der Waals surface area contributed by atoms with Crippen molar-refractivity contribution in [1.82, 2.24) is 10.2 Å². The maximum Gasteiger partial charge on any atom is 0.222 e. The second-order valence-corrected chi connectivity index (χ2v) is 4.25. The van der Waals surface area contributed by atoms with E-state index in [9.17, 15) is 4.79 Å². The molecule has 1 saturated heterocycles. The standard InChI is InChI=1S/C10H20N2O/c1-8(2)6-11-7-9-4-5-10(13)12(9)3/h8-9,11H,4-7H2,1-3H3/t9-/m1/s1. The van der Waals surface area contributed by atoms with Crippen molar-refractivity contribution >= 4 is 5.91 Å². The topological polar surface area (TPSA) is 32.3 Å². The molecule has 1 aliphatic rings. The summed E-state index contributed by atoms with van der Waals surface area (Å²) in [6, 6.07) is 0.422. The minimum absolute atomic E-state index is 0.288. The highest BCUT2D eigenvalue weighted by Crippen LogP contribution is 2.15. The predicted molar refractivity (Wildman–Crippen MR) is 53.5 cm³/mol. The quantitative estimate of drug-likeness (QED) is 0.702. The minimum atomic E-state index is 0.288. The number of likely N-dealkylation sites (tertiary alicyclic amines) is 1. The van der Waals surface area contributed by atoms with Crippen LogP contribution in [0.15, 0.2) is 0 Å². The van der Waals surface area contributed by atoms with Gasteiger partial charge in [-0.15, -0.1) is 0 Å². The molecule has 1 amide bonds. The zero-order valence-corrected chi connectivity index (χ0v) is 8.84. The van der Waals surface area contributed by atoms with Gasteiger partial charge >= 0.3 is 0 Å². The second kappa shape index (κ2) is 4.61. The fraction of sp³-hybridized carbons (Fsp3) is 0.900. The fourth-order valence-corrected chi connectivity index (χ4v) is 1.64. The van der Waals surface area contributed by atoms with Crippen molar-refractivity contribution in [2.24, 2.45) is 5.92 Å². The van der Waals surface area contributed by atoms with Crippen LogP contribution >= 0.6 is 0 Å². The number of carbonyl (C=O) groups excluding carboxylic acids is 1. The number of rotatable bonds is 4. The molecule has 76 valence electrons. The van der Waals surface area contributed by atoms with Gasteiger partial charge in [-0.2, -0.15) is 0 Å². The number of likely N-dealkylation sites (N-methyl/N-ethyl adjacent to an activating group) is 1. The van der Waals surface area contributed by atoms with Crippen molar-refractivity contribution in [3.8, 4) is 0 Å². The summed E-state index contributed by atoms with van der Waals surface area (Å²) in [5, 5.41) is 3.38. The van der Waals surface area contributed by atoms with E-state index in [1.54, 1.807) is 0 Å². The first-order chi connectivity index (χ1) is 6.11. The molecule has 0 aliphatic carbocycles. The molecule has 1 aliphatic heterocycles. The van der Waals surface area contributed by atoms with Gasteiger partial charge in [-0.1, -0.05) is 13.8 Å². The van der Waals surface area contributed by atoms with Crippen molar-refractivity contribution < 1.29 is 4.79 Å².